The lowest BCUT2D eigenvalue weighted by atomic mass is 9.86. The zero-order chi connectivity index (χ0) is 28.2. The van der Waals surface area contributed by atoms with E-state index in [2.05, 4.69) is 59.7 Å². The summed E-state index contributed by atoms with van der Waals surface area (Å²) in [4.78, 5) is 11.7. The summed E-state index contributed by atoms with van der Waals surface area (Å²) >= 11 is 0. The molecule has 1 aliphatic carbocycles. The molecule has 0 bridgehead atoms. The fourth-order valence-corrected chi connectivity index (χ4v) is 26.5. The van der Waals surface area contributed by atoms with Crippen LogP contribution in [0.1, 0.15) is 72.6 Å². The summed E-state index contributed by atoms with van der Waals surface area (Å²) in [7, 11) is -8.80. The van der Waals surface area contributed by atoms with Gasteiger partial charge >= 0.3 is 46.4 Å². The van der Waals surface area contributed by atoms with Crippen LogP contribution in [0.15, 0.2) is 0 Å². The van der Waals surface area contributed by atoms with Gasteiger partial charge in [0.15, 0.2) is 5.41 Å². The zero-order valence-corrected chi connectivity index (χ0v) is 28.2. The highest BCUT2D eigenvalue weighted by Crippen LogP contribution is 2.42. The zero-order valence-electron chi connectivity index (χ0n) is 24.2. The van der Waals surface area contributed by atoms with Gasteiger partial charge in [-0.05, 0) is 90.4 Å². The smallest absolute Gasteiger partial charge is 0.404 e. The maximum Gasteiger partial charge on any atom is 0.404 e. The third kappa shape index (κ3) is 9.61. The van der Waals surface area contributed by atoms with Crippen LogP contribution in [-0.4, -0.2) is 52.5 Å². The molecule has 1 heterocycles. The molecule has 2 fully saturated rings. The van der Waals surface area contributed by atoms with Crippen molar-refractivity contribution in [3.05, 3.63) is 0 Å². The van der Waals surface area contributed by atoms with E-state index in [9.17, 15) is 18.0 Å². The molecule has 2 unspecified atom stereocenters. The van der Waals surface area contributed by atoms with Crippen LogP contribution >= 0.6 is 0 Å². The lowest BCUT2D eigenvalue weighted by molar-refractivity contribution is -0.233. The maximum atomic E-state index is 12.8. The van der Waals surface area contributed by atoms with E-state index < -0.39 is 51.8 Å². The number of esters is 1. The minimum atomic E-state index is -4.55. The molecule has 0 aromatic carbocycles. The Hall–Kier alpha value is -0.0325. The molecule has 36 heavy (non-hydrogen) atoms. The fourth-order valence-electron chi connectivity index (χ4n) is 4.74. The van der Waals surface area contributed by atoms with Crippen molar-refractivity contribution in [3.8, 4) is 0 Å². The minimum absolute atomic E-state index is 0.290. The van der Waals surface area contributed by atoms with Gasteiger partial charge in [0.2, 0.25) is 0 Å². The first kappa shape index (κ1) is 34.0. The highest BCUT2D eigenvalue weighted by Gasteiger charge is 2.57. The third-order valence-corrected chi connectivity index (χ3v) is 24.2. The normalized spacial score (nSPS) is 26.3. The lowest BCUT2D eigenvalue weighted by Gasteiger charge is -2.49. The first-order valence-corrected chi connectivity index (χ1v) is 24.0. The highest BCUT2D eigenvalue weighted by atomic mass is 28.5. The monoisotopic (exact) mass is 590 g/mol. The van der Waals surface area contributed by atoms with Crippen LogP contribution in [0.4, 0.5) is 13.2 Å². The number of carbonyl (C=O) groups is 1. The van der Waals surface area contributed by atoms with Crippen molar-refractivity contribution in [2.45, 2.75) is 136 Å². The second-order valence-corrected chi connectivity index (χ2v) is 26.5. The first-order valence-electron chi connectivity index (χ1n) is 13.2. The molecule has 0 radical (unpaired) electrons. The van der Waals surface area contributed by atoms with Crippen molar-refractivity contribution >= 4 is 40.2 Å². The molecule has 1 saturated heterocycles. The molecule has 0 amide bonds. The van der Waals surface area contributed by atoms with E-state index >= 15 is 0 Å². The van der Waals surface area contributed by atoms with E-state index in [1.54, 1.807) is 0 Å². The molecular formula is C23H49F3O6Si4. The van der Waals surface area contributed by atoms with Gasteiger partial charge in [0.05, 0.1) is 0 Å². The second-order valence-electron chi connectivity index (χ2n) is 11.8. The van der Waals surface area contributed by atoms with E-state index in [-0.39, 0.29) is 12.5 Å². The van der Waals surface area contributed by atoms with Crippen molar-refractivity contribution in [2.24, 2.45) is 5.41 Å². The molecule has 214 valence electrons. The van der Waals surface area contributed by atoms with Crippen LogP contribution in [0, 0.1) is 5.41 Å². The van der Waals surface area contributed by atoms with E-state index in [1.807, 2.05) is 0 Å². The molecule has 0 aromatic rings. The topological polar surface area (TPSA) is 63.2 Å². The van der Waals surface area contributed by atoms with Crippen molar-refractivity contribution in [1.29, 1.82) is 0 Å². The van der Waals surface area contributed by atoms with Gasteiger partial charge in [0, 0.05) is 0 Å². The maximum absolute atomic E-state index is 12.8. The van der Waals surface area contributed by atoms with Crippen molar-refractivity contribution in [3.63, 3.8) is 0 Å². The standard InChI is InChI=1S/C12H19F3O2.C11H30O4Si4/c1-3-11(2,12(13,14)15)10(16)17-9-7-5-4-6-8-9;1-10-11(2)19(9)14-17(5,6)12-16(3,4)13-18(7,8)15-19/h9H,3-8H2,1-2H3;11H,10H2,1-9H3. The fraction of sp³-hybridized carbons (Fsp3) is 0.957. The summed E-state index contributed by atoms with van der Waals surface area (Å²) in [6, 6.07) is 0. The van der Waals surface area contributed by atoms with Crippen LogP contribution in [0.5, 0.6) is 0 Å². The number of rotatable bonds is 5. The van der Waals surface area contributed by atoms with E-state index in [0.29, 0.717) is 18.4 Å². The molecule has 0 spiro atoms. The van der Waals surface area contributed by atoms with Gasteiger partial charge in [-0.2, -0.15) is 13.2 Å². The Morgan fingerprint density at radius 2 is 1.28 bits per heavy atom. The Labute approximate surface area is 220 Å². The molecule has 2 rings (SSSR count). The average molecular weight is 591 g/mol. The van der Waals surface area contributed by atoms with Gasteiger partial charge < -0.3 is 21.2 Å². The molecule has 2 atom stereocenters. The summed E-state index contributed by atoms with van der Waals surface area (Å²) in [5, 5.41) is 0. The van der Waals surface area contributed by atoms with Crippen molar-refractivity contribution in [2.75, 3.05) is 0 Å². The number of halogens is 3. The SMILES string of the molecule is CCC(C)(C(=O)OC1CCCCC1)C(F)(F)F.CCC(C)[Si]1(C)O[Si](C)(C)O[Si](C)(C)O[Si](C)(C)O1. The number of hydrogen-bond donors (Lipinski definition) is 0. The Balaban J connectivity index is 0.000000362. The summed E-state index contributed by atoms with van der Waals surface area (Å²) in [6.07, 6.45) is 0.184. The molecule has 1 saturated carbocycles. The van der Waals surface area contributed by atoms with Crippen LogP contribution in [0.25, 0.3) is 0 Å². The largest absolute Gasteiger partial charge is 0.462 e. The predicted octanol–water partition coefficient (Wildman–Crippen LogP) is 7.88. The summed E-state index contributed by atoms with van der Waals surface area (Å²) in [6.45, 7) is 21.5. The van der Waals surface area contributed by atoms with E-state index in [1.165, 1.54) is 6.92 Å². The number of hydrogen-bond acceptors (Lipinski definition) is 6. The molecule has 2 aliphatic rings. The van der Waals surface area contributed by atoms with Crippen LogP contribution in [0.2, 0.25) is 51.4 Å². The predicted molar refractivity (Wildman–Crippen MR) is 146 cm³/mol. The molecule has 6 nitrogen and oxygen atoms in total. The Bertz CT molecular complexity index is 707. The first-order chi connectivity index (χ1) is 16.1. The second kappa shape index (κ2) is 12.4. The van der Waals surface area contributed by atoms with Gasteiger partial charge in [0.1, 0.15) is 6.10 Å². The van der Waals surface area contributed by atoms with E-state index in [0.717, 1.165) is 32.6 Å². The quantitative estimate of drug-likeness (QED) is 0.240. The highest BCUT2D eigenvalue weighted by molar-refractivity contribution is 6.93. The summed E-state index contributed by atoms with van der Waals surface area (Å²) in [5.41, 5.74) is -1.93. The molecule has 0 N–H and O–H groups in total. The summed E-state index contributed by atoms with van der Waals surface area (Å²) in [5.74, 6) is -1.13. The number of carbonyl (C=O) groups excluding carboxylic acids is 1. The molecule has 1 aliphatic heterocycles. The Kier molecular flexibility index (Phi) is 11.7. The molecular weight excluding hydrogens is 542 g/mol. The lowest BCUT2D eigenvalue weighted by Crippen LogP contribution is -2.66. The van der Waals surface area contributed by atoms with Crippen molar-refractivity contribution in [1.82, 2.24) is 0 Å². The van der Waals surface area contributed by atoms with Gasteiger partial charge in [-0.3, -0.25) is 4.79 Å². The Morgan fingerprint density at radius 3 is 1.64 bits per heavy atom. The van der Waals surface area contributed by atoms with Crippen LogP contribution in [0.3, 0.4) is 0 Å². The van der Waals surface area contributed by atoms with Gasteiger partial charge in [-0.25, -0.2) is 0 Å². The van der Waals surface area contributed by atoms with Gasteiger partial charge in [-0.1, -0.05) is 33.6 Å². The van der Waals surface area contributed by atoms with Gasteiger partial charge in [-0.15, -0.1) is 0 Å². The van der Waals surface area contributed by atoms with Crippen LogP contribution < -0.4 is 0 Å². The number of ether oxygens (including phenoxy) is 1. The summed E-state index contributed by atoms with van der Waals surface area (Å²) < 4.78 is 69.1. The van der Waals surface area contributed by atoms with E-state index in [4.69, 9.17) is 21.2 Å². The van der Waals surface area contributed by atoms with Crippen LogP contribution in [-0.2, 0) is 26.0 Å². The average Bonchev–Trinajstić information content (AvgIpc) is 2.69. The van der Waals surface area contributed by atoms with Gasteiger partial charge in [0.25, 0.3) is 0 Å². The minimum Gasteiger partial charge on any atom is -0.462 e. The number of alkyl halides is 3. The molecule has 13 heteroatoms. The van der Waals surface area contributed by atoms with Crippen molar-refractivity contribution < 1.29 is 39.2 Å². The Morgan fingerprint density at radius 1 is 0.861 bits per heavy atom. The molecule has 0 aromatic heterocycles. The third-order valence-electron chi connectivity index (χ3n) is 7.00.